The predicted octanol–water partition coefficient (Wildman–Crippen LogP) is 16.7. The summed E-state index contributed by atoms with van der Waals surface area (Å²) in [5.74, 6) is 0.244. The topological polar surface area (TPSA) is 50.9 Å². The average Bonchev–Trinajstić information content (AvgIpc) is 1.03. The van der Waals surface area contributed by atoms with Crippen molar-refractivity contribution in [2.75, 3.05) is 0 Å². The van der Waals surface area contributed by atoms with E-state index in [-0.39, 0.29) is 49.1 Å². The SMILES string of the molecule is [2H]c1nc(-c2[c-]c(-c3cccc4c3nc(-c3cc(C)cc(C)c3O)n4-c3cc(-c4ccccc4)c(C([2H])([2H])[2H])cc3-c3ccc(C(C)(C)C)cc3)cc(C(C)(C)C)c2)c([2H])c(-c2c([2H])c([2H])c(C(C([2H])([2H])[2H])(C([2H])([2H])[2H])C([2H])([2H])[2H])c([2H])c2[2H])c1[2H].[Pt]. The standard InChI is InChI=1S/C63H62N3O.Pt/c1-39-31-41(3)59(67)54(32-39)60-65-58-51(46-34-47(36-50(35-46)63(10,11)12)55-37-45(29-30-64-55)42-21-25-48(26-22-42)61(4,5)6)19-16-20-56(58)66(60)57-38-52(43-17-14-13-15-18-43)40(2)33-53(57)44-23-27-49(28-24-44)62(7,8)9;/h13-33,35-38,67H,1-12H3;/q-1;/i2D3,4D3,5D3,6D3,21D,22D,25D,26D,29D,30D,37D;. The summed E-state index contributed by atoms with van der Waals surface area (Å²) < 4.78 is 167. The number of aryl methyl sites for hydroxylation is 3. The van der Waals surface area contributed by atoms with Gasteiger partial charge in [-0.15, -0.1) is 29.3 Å². The van der Waals surface area contributed by atoms with Crippen molar-refractivity contribution < 1.29 is 52.2 Å². The molecule has 4 nitrogen and oxygen atoms in total. The maximum absolute atomic E-state index is 12.1. The van der Waals surface area contributed by atoms with Crippen molar-refractivity contribution in [1.82, 2.24) is 14.5 Å². The predicted molar refractivity (Wildman–Crippen MR) is 282 cm³/mol. The molecule has 7 aromatic carbocycles. The van der Waals surface area contributed by atoms with E-state index in [1.807, 2.05) is 117 Å². The number of aromatic nitrogens is 3. The van der Waals surface area contributed by atoms with E-state index in [4.69, 9.17) is 26.9 Å². The molecule has 0 atom stereocenters. The molecule has 0 saturated heterocycles. The first-order chi connectivity index (χ1) is 39.6. The molecule has 0 radical (unpaired) electrons. The van der Waals surface area contributed by atoms with Crippen LogP contribution in [0.15, 0.2) is 152 Å². The van der Waals surface area contributed by atoms with Crippen molar-refractivity contribution >= 4 is 11.0 Å². The van der Waals surface area contributed by atoms with E-state index in [0.29, 0.717) is 72.6 Å². The van der Waals surface area contributed by atoms with Gasteiger partial charge in [0.1, 0.15) is 11.6 Å². The fourth-order valence-electron chi connectivity index (χ4n) is 8.35. The molecule has 0 spiro atoms. The summed E-state index contributed by atoms with van der Waals surface area (Å²) in [6.45, 7) is 1.35. The molecule has 2 aromatic heterocycles. The van der Waals surface area contributed by atoms with Gasteiger partial charge in [-0.25, -0.2) is 4.98 Å². The fourth-order valence-corrected chi connectivity index (χ4v) is 8.35. The number of nitrogens with zero attached hydrogens (tertiary/aromatic N) is 3. The van der Waals surface area contributed by atoms with Crippen LogP contribution in [-0.4, -0.2) is 19.6 Å². The van der Waals surface area contributed by atoms with Crippen molar-refractivity contribution in [2.24, 2.45) is 0 Å². The molecule has 9 aromatic rings. The zero-order chi connectivity index (χ0) is 63.7. The first kappa shape index (κ1) is 29.5. The number of fused-ring (bicyclic) bond motifs is 1. The maximum Gasteiger partial charge on any atom is 0.148 e. The second kappa shape index (κ2) is 18.3. The van der Waals surface area contributed by atoms with Crippen molar-refractivity contribution in [3.05, 3.63) is 191 Å². The van der Waals surface area contributed by atoms with Crippen LogP contribution in [0.5, 0.6) is 5.75 Å². The quantitative estimate of drug-likeness (QED) is 0.162. The summed E-state index contributed by atoms with van der Waals surface area (Å²) in [5.41, 5.74) is 0.233. The third kappa shape index (κ3) is 9.41. The average molecular weight is 1090 g/mol. The summed E-state index contributed by atoms with van der Waals surface area (Å²) in [7, 11) is 0. The zero-order valence-corrected chi connectivity index (χ0v) is 41.3. The number of aromatic hydroxyl groups is 1. The molecule has 5 heteroatoms. The Kier molecular flexibility index (Phi) is 7.93. The van der Waals surface area contributed by atoms with E-state index in [0.717, 1.165) is 11.1 Å². The van der Waals surface area contributed by atoms with Crippen LogP contribution in [-0.2, 0) is 37.3 Å². The van der Waals surface area contributed by atoms with Crippen molar-refractivity contribution in [2.45, 2.75) is 99.0 Å². The minimum atomic E-state index is -3.95. The van der Waals surface area contributed by atoms with Crippen LogP contribution in [0.3, 0.4) is 0 Å². The molecule has 0 unspecified atom stereocenters. The van der Waals surface area contributed by atoms with Gasteiger partial charge in [0.15, 0.2) is 0 Å². The monoisotopic (exact) mass is 1090 g/mol. The number of hydrogen-bond acceptors (Lipinski definition) is 3. The molecule has 1 N–H and O–H groups in total. The molecule has 346 valence electrons. The number of rotatable bonds is 7. The van der Waals surface area contributed by atoms with Gasteiger partial charge in [0.2, 0.25) is 0 Å². The van der Waals surface area contributed by atoms with E-state index in [2.05, 4.69) is 31.8 Å². The number of phenolic OH excluding ortho intramolecular Hbond substituents is 1. The van der Waals surface area contributed by atoms with Crippen LogP contribution < -0.4 is 0 Å². The Labute approximate surface area is 445 Å². The Balaban J connectivity index is 0.00000982. The Hall–Kier alpha value is -6.35. The summed E-state index contributed by atoms with van der Waals surface area (Å²) in [5, 5.41) is 12.1. The van der Waals surface area contributed by atoms with Crippen molar-refractivity contribution in [1.29, 1.82) is 0 Å². The first-order valence-corrected chi connectivity index (χ1v) is 22.0. The molecule has 0 aliphatic carbocycles. The molecule has 0 fully saturated rings. The summed E-state index contributed by atoms with van der Waals surface area (Å²) in [4.78, 5) is 9.79. The van der Waals surface area contributed by atoms with Crippen LogP contribution in [0.25, 0.3) is 83.9 Å². The smallest absolute Gasteiger partial charge is 0.148 e. The first-order valence-electron chi connectivity index (χ1n) is 31.5. The van der Waals surface area contributed by atoms with E-state index in [1.165, 1.54) is 0 Å². The minimum Gasteiger partial charge on any atom is -0.507 e. The van der Waals surface area contributed by atoms with Crippen LogP contribution in [0.1, 0.15) is 122 Å². The normalized spacial score (nSPS) is 16.9. The molecule has 9 rings (SSSR count). The minimum absolute atomic E-state index is 0. The summed E-state index contributed by atoms with van der Waals surface area (Å²) >= 11 is 0. The third-order valence-electron chi connectivity index (χ3n) is 12.0. The number of benzene rings is 7. The van der Waals surface area contributed by atoms with E-state index >= 15 is 0 Å². The molecular formula is C63H62N3OPt-. The van der Waals surface area contributed by atoms with E-state index in [9.17, 15) is 9.22 Å². The molecule has 0 bridgehead atoms. The van der Waals surface area contributed by atoms with Crippen molar-refractivity contribution in [3.8, 4) is 78.6 Å². The maximum atomic E-state index is 12.1. The van der Waals surface area contributed by atoms with Gasteiger partial charge in [-0.1, -0.05) is 176 Å². The van der Waals surface area contributed by atoms with Gasteiger partial charge in [0.25, 0.3) is 0 Å². The van der Waals surface area contributed by atoms with Crippen LogP contribution >= 0.6 is 0 Å². The van der Waals surface area contributed by atoms with Crippen molar-refractivity contribution in [3.63, 3.8) is 0 Å². The van der Waals surface area contributed by atoms with Gasteiger partial charge in [-0.3, -0.25) is 9.55 Å². The molecule has 2 heterocycles. The largest absolute Gasteiger partial charge is 0.507 e. The van der Waals surface area contributed by atoms with Crippen LogP contribution in [0.2, 0.25) is 0 Å². The Bertz CT molecular complexity index is 4120. The van der Waals surface area contributed by atoms with Gasteiger partial charge >= 0.3 is 0 Å². The number of phenols is 1. The molecule has 0 aliphatic heterocycles. The summed E-state index contributed by atoms with van der Waals surface area (Å²) in [6.07, 6.45) is -0.785. The molecule has 0 saturated carbocycles. The van der Waals surface area contributed by atoms with Gasteiger partial charge in [-0.2, -0.15) is 0 Å². The van der Waals surface area contributed by atoms with Gasteiger partial charge < -0.3 is 5.11 Å². The second-order valence-corrected chi connectivity index (χ2v) is 19.2. The van der Waals surface area contributed by atoms with Gasteiger partial charge in [-0.05, 0) is 123 Å². The molecule has 68 heavy (non-hydrogen) atoms. The fraction of sp³-hybridized carbons (Fsp3) is 0.238. The number of para-hydroxylation sites is 1. The number of imidazole rings is 1. The summed E-state index contributed by atoms with van der Waals surface area (Å²) in [6, 6.07) is 30.2. The Morgan fingerprint density at radius 2 is 1.28 bits per heavy atom. The van der Waals surface area contributed by atoms with Crippen LogP contribution in [0.4, 0.5) is 0 Å². The number of pyridine rings is 1. The molecule has 0 amide bonds. The van der Waals surface area contributed by atoms with E-state index in [1.54, 1.807) is 31.2 Å². The Morgan fingerprint density at radius 3 is 1.96 bits per heavy atom. The molecular weight excluding hydrogens is 1010 g/mol. The van der Waals surface area contributed by atoms with Gasteiger partial charge in [0.05, 0.1) is 31.9 Å². The molecule has 0 aliphatic rings. The zero-order valence-electron chi connectivity index (χ0n) is 58.0. The second-order valence-electron chi connectivity index (χ2n) is 19.2. The number of hydrogen-bond donors (Lipinski definition) is 1. The van der Waals surface area contributed by atoms with E-state index < -0.39 is 97.4 Å². The Morgan fingerprint density at radius 1 is 0.588 bits per heavy atom. The van der Waals surface area contributed by atoms with Gasteiger partial charge in [0, 0.05) is 54.9 Å². The van der Waals surface area contributed by atoms with Crippen LogP contribution in [0, 0.1) is 26.8 Å². The third-order valence-corrected chi connectivity index (χ3v) is 12.0.